The summed E-state index contributed by atoms with van der Waals surface area (Å²) in [5.41, 5.74) is 2.34. The van der Waals surface area contributed by atoms with Gasteiger partial charge in [0.1, 0.15) is 5.82 Å². The molecule has 1 aliphatic rings. The molecule has 0 spiro atoms. The summed E-state index contributed by atoms with van der Waals surface area (Å²) in [6.45, 7) is 9.18. The first-order valence-electron chi connectivity index (χ1n) is 8.24. The maximum absolute atomic E-state index is 13.6. The molecule has 1 aromatic heterocycles. The van der Waals surface area contributed by atoms with Crippen molar-refractivity contribution in [2.45, 2.75) is 32.7 Å². The largest absolute Gasteiger partial charge is 0.379 e. The van der Waals surface area contributed by atoms with Crippen LogP contribution < -0.4 is 0 Å². The third-order valence-electron chi connectivity index (χ3n) is 4.46. The Labute approximate surface area is 131 Å². The Morgan fingerprint density at radius 3 is 2.73 bits per heavy atom. The molecule has 0 atom stereocenters. The lowest BCUT2D eigenvalue weighted by molar-refractivity contribution is 0.0375. The van der Waals surface area contributed by atoms with E-state index in [9.17, 15) is 4.39 Å². The first-order valence-corrected chi connectivity index (χ1v) is 8.24. The van der Waals surface area contributed by atoms with Gasteiger partial charge in [0.15, 0.2) is 0 Å². The number of halogens is 1. The first kappa shape index (κ1) is 15.5. The van der Waals surface area contributed by atoms with Crippen LogP contribution in [-0.4, -0.2) is 42.3 Å². The average Bonchev–Trinajstić information content (AvgIpc) is 2.86. The number of hydrogen-bond acceptors (Lipinski definition) is 2. The van der Waals surface area contributed by atoms with Gasteiger partial charge in [-0.1, -0.05) is 0 Å². The minimum absolute atomic E-state index is 0.160. The maximum atomic E-state index is 13.6. The van der Waals surface area contributed by atoms with Crippen LogP contribution in [0.1, 0.15) is 31.9 Å². The molecular weight excluding hydrogens is 279 g/mol. The first-order chi connectivity index (χ1) is 10.6. The zero-order chi connectivity index (χ0) is 15.5. The van der Waals surface area contributed by atoms with Crippen molar-refractivity contribution in [3.8, 4) is 0 Å². The van der Waals surface area contributed by atoms with E-state index in [0.717, 1.165) is 51.2 Å². The van der Waals surface area contributed by atoms with Crippen LogP contribution in [0.3, 0.4) is 0 Å². The van der Waals surface area contributed by atoms with Gasteiger partial charge in [-0.15, -0.1) is 0 Å². The van der Waals surface area contributed by atoms with Crippen molar-refractivity contribution in [3.05, 3.63) is 35.8 Å². The Kier molecular flexibility index (Phi) is 4.79. The fourth-order valence-electron chi connectivity index (χ4n) is 3.24. The highest BCUT2D eigenvalue weighted by molar-refractivity contribution is 5.84. The molecule has 0 radical (unpaired) electrons. The minimum Gasteiger partial charge on any atom is -0.379 e. The van der Waals surface area contributed by atoms with E-state index in [1.807, 2.05) is 6.07 Å². The van der Waals surface area contributed by atoms with Crippen molar-refractivity contribution in [2.24, 2.45) is 0 Å². The quantitative estimate of drug-likeness (QED) is 0.839. The monoisotopic (exact) mass is 304 g/mol. The Bertz CT molecular complexity index is 629. The van der Waals surface area contributed by atoms with E-state index in [0.29, 0.717) is 6.04 Å². The molecule has 3 rings (SSSR count). The topological polar surface area (TPSA) is 17.4 Å². The van der Waals surface area contributed by atoms with Gasteiger partial charge in [-0.2, -0.15) is 0 Å². The summed E-state index contributed by atoms with van der Waals surface area (Å²) in [6, 6.07) is 5.49. The average molecular weight is 304 g/mol. The summed E-state index contributed by atoms with van der Waals surface area (Å²) in [7, 11) is 0. The lowest BCUT2D eigenvalue weighted by Gasteiger charge is -2.26. The molecule has 22 heavy (non-hydrogen) atoms. The van der Waals surface area contributed by atoms with E-state index in [2.05, 4.69) is 29.5 Å². The number of rotatable bonds is 5. The zero-order valence-corrected chi connectivity index (χ0v) is 13.5. The standard InChI is InChI=1S/C18H25FN2O/c1-14(2)21-13-15(17-6-5-16(19)12-18(17)21)4-3-7-20-8-10-22-11-9-20/h5-6,12-14H,3-4,7-11H2,1-2H3. The van der Waals surface area contributed by atoms with Crippen LogP contribution in [0.15, 0.2) is 24.4 Å². The van der Waals surface area contributed by atoms with Gasteiger partial charge in [0.2, 0.25) is 0 Å². The van der Waals surface area contributed by atoms with Crippen LogP contribution in [0, 0.1) is 5.82 Å². The van der Waals surface area contributed by atoms with E-state index in [1.54, 1.807) is 12.1 Å². The van der Waals surface area contributed by atoms with Crippen LogP contribution in [0.25, 0.3) is 10.9 Å². The molecule has 1 fully saturated rings. The Morgan fingerprint density at radius 1 is 1.23 bits per heavy atom. The molecule has 0 saturated carbocycles. The van der Waals surface area contributed by atoms with Crippen LogP contribution >= 0.6 is 0 Å². The van der Waals surface area contributed by atoms with E-state index in [1.165, 1.54) is 10.9 Å². The molecule has 4 heteroatoms. The molecule has 0 aliphatic carbocycles. The van der Waals surface area contributed by atoms with E-state index < -0.39 is 0 Å². The number of aryl methyl sites for hydroxylation is 1. The van der Waals surface area contributed by atoms with E-state index in [4.69, 9.17) is 4.74 Å². The molecule has 0 bridgehead atoms. The van der Waals surface area contributed by atoms with Crippen molar-refractivity contribution in [2.75, 3.05) is 32.8 Å². The van der Waals surface area contributed by atoms with Crippen molar-refractivity contribution < 1.29 is 9.13 Å². The Hall–Kier alpha value is -1.39. The lowest BCUT2D eigenvalue weighted by atomic mass is 10.1. The van der Waals surface area contributed by atoms with Crippen LogP contribution in [0.5, 0.6) is 0 Å². The number of nitrogens with zero attached hydrogens (tertiary/aromatic N) is 2. The highest BCUT2D eigenvalue weighted by Crippen LogP contribution is 2.26. The predicted octanol–water partition coefficient (Wildman–Crippen LogP) is 3.63. The van der Waals surface area contributed by atoms with Crippen LogP contribution in [-0.2, 0) is 11.2 Å². The van der Waals surface area contributed by atoms with Gasteiger partial charge in [0.25, 0.3) is 0 Å². The molecule has 120 valence electrons. The van der Waals surface area contributed by atoms with Gasteiger partial charge in [0, 0.05) is 30.7 Å². The predicted molar refractivity (Wildman–Crippen MR) is 87.9 cm³/mol. The zero-order valence-electron chi connectivity index (χ0n) is 13.5. The minimum atomic E-state index is -0.160. The van der Waals surface area contributed by atoms with Gasteiger partial charge in [0.05, 0.1) is 18.7 Å². The SMILES string of the molecule is CC(C)n1cc(CCCN2CCOCC2)c2ccc(F)cc21. The van der Waals surface area contributed by atoms with Crippen LogP contribution in [0.2, 0.25) is 0 Å². The maximum Gasteiger partial charge on any atom is 0.125 e. The second-order valence-electron chi connectivity index (χ2n) is 6.37. The third kappa shape index (κ3) is 3.33. The molecule has 0 unspecified atom stereocenters. The fraction of sp³-hybridized carbons (Fsp3) is 0.556. The molecule has 2 aromatic rings. The summed E-state index contributed by atoms with van der Waals surface area (Å²) in [4.78, 5) is 2.46. The summed E-state index contributed by atoms with van der Waals surface area (Å²) >= 11 is 0. The number of hydrogen-bond donors (Lipinski definition) is 0. The molecular formula is C18H25FN2O. The summed E-state index contributed by atoms with van der Waals surface area (Å²) in [5, 5.41) is 1.19. The van der Waals surface area contributed by atoms with Crippen LogP contribution in [0.4, 0.5) is 4.39 Å². The highest BCUT2D eigenvalue weighted by atomic mass is 19.1. The van der Waals surface area contributed by atoms with Gasteiger partial charge >= 0.3 is 0 Å². The number of benzene rings is 1. The summed E-state index contributed by atoms with van der Waals surface area (Å²) in [5.74, 6) is -0.160. The smallest absolute Gasteiger partial charge is 0.125 e. The Balaban J connectivity index is 1.72. The number of aromatic nitrogens is 1. The summed E-state index contributed by atoms with van der Waals surface area (Å²) < 4.78 is 21.1. The second kappa shape index (κ2) is 6.80. The van der Waals surface area contributed by atoms with Gasteiger partial charge < -0.3 is 9.30 Å². The normalized spacial score (nSPS) is 16.7. The second-order valence-corrected chi connectivity index (χ2v) is 6.37. The number of morpholine rings is 1. The van der Waals surface area contributed by atoms with Crippen molar-refractivity contribution in [3.63, 3.8) is 0 Å². The number of fused-ring (bicyclic) bond motifs is 1. The molecule has 2 heterocycles. The van der Waals surface area contributed by atoms with Gasteiger partial charge in [-0.25, -0.2) is 4.39 Å². The number of ether oxygens (including phenoxy) is 1. The van der Waals surface area contributed by atoms with Crippen molar-refractivity contribution >= 4 is 10.9 Å². The van der Waals surface area contributed by atoms with E-state index >= 15 is 0 Å². The molecule has 1 aliphatic heterocycles. The molecule has 3 nitrogen and oxygen atoms in total. The van der Waals surface area contributed by atoms with Gasteiger partial charge in [-0.05, 0) is 57.0 Å². The highest BCUT2D eigenvalue weighted by Gasteiger charge is 2.13. The lowest BCUT2D eigenvalue weighted by Crippen LogP contribution is -2.36. The molecule has 0 amide bonds. The molecule has 0 N–H and O–H groups in total. The van der Waals surface area contributed by atoms with E-state index in [-0.39, 0.29) is 5.82 Å². The van der Waals surface area contributed by atoms with Gasteiger partial charge in [-0.3, -0.25) is 4.90 Å². The molecule has 1 saturated heterocycles. The third-order valence-corrected chi connectivity index (χ3v) is 4.46. The van der Waals surface area contributed by atoms with Crippen molar-refractivity contribution in [1.82, 2.24) is 9.47 Å². The summed E-state index contributed by atoms with van der Waals surface area (Å²) in [6.07, 6.45) is 4.38. The Morgan fingerprint density at radius 2 is 2.00 bits per heavy atom. The molecule has 1 aromatic carbocycles. The fourth-order valence-corrected chi connectivity index (χ4v) is 3.24. The van der Waals surface area contributed by atoms with Crippen molar-refractivity contribution in [1.29, 1.82) is 0 Å².